The number of rotatable bonds is 5. The van der Waals surface area contributed by atoms with E-state index < -0.39 is 28.6 Å². The van der Waals surface area contributed by atoms with E-state index in [1.54, 1.807) is 0 Å². The maximum atomic E-state index is 12.1. The number of nitro benzene ring substituents is 1. The first kappa shape index (κ1) is 19.5. The Bertz CT molecular complexity index is 888. The number of hydrogen-bond donors (Lipinski definition) is 2. The van der Waals surface area contributed by atoms with Crippen molar-refractivity contribution in [3.05, 3.63) is 62.1 Å². The molecule has 10 heteroatoms. The van der Waals surface area contributed by atoms with Gasteiger partial charge >= 0.3 is 5.97 Å². The lowest BCUT2D eigenvalue weighted by Crippen LogP contribution is -2.30. The first-order valence-corrected chi connectivity index (χ1v) is 7.95. The molecule has 0 radical (unpaired) electrons. The summed E-state index contributed by atoms with van der Waals surface area (Å²) in [7, 11) is 0. The van der Waals surface area contributed by atoms with E-state index in [1.807, 2.05) is 0 Å². The van der Waals surface area contributed by atoms with Crippen molar-refractivity contribution in [2.45, 2.75) is 13.0 Å². The molecule has 0 saturated carbocycles. The fraction of sp³-hybridized carbons (Fsp3) is 0.125. The van der Waals surface area contributed by atoms with E-state index in [-0.39, 0.29) is 16.3 Å². The SMILES string of the molecule is C[C@@H](OC(=O)c1ccc(N)c([N+](=O)[O-])c1)C(=O)Nc1ccc(Cl)cc1Cl. The monoisotopic (exact) mass is 397 g/mol. The fourth-order valence-electron chi connectivity index (χ4n) is 1.94. The van der Waals surface area contributed by atoms with Gasteiger partial charge in [-0.2, -0.15) is 0 Å². The van der Waals surface area contributed by atoms with Crippen molar-refractivity contribution in [2.75, 3.05) is 11.1 Å². The maximum absolute atomic E-state index is 12.1. The lowest BCUT2D eigenvalue weighted by Gasteiger charge is -2.14. The molecule has 0 aromatic heterocycles. The van der Waals surface area contributed by atoms with Gasteiger partial charge in [0.05, 0.1) is 21.2 Å². The van der Waals surface area contributed by atoms with Gasteiger partial charge in [0.25, 0.3) is 11.6 Å². The van der Waals surface area contributed by atoms with Crippen LogP contribution in [-0.4, -0.2) is 22.9 Å². The van der Waals surface area contributed by atoms with E-state index in [0.717, 1.165) is 6.07 Å². The zero-order chi connectivity index (χ0) is 19.4. The number of anilines is 2. The Kier molecular flexibility index (Phi) is 6.01. The fourth-order valence-corrected chi connectivity index (χ4v) is 2.39. The number of benzene rings is 2. The van der Waals surface area contributed by atoms with E-state index in [4.69, 9.17) is 33.7 Å². The molecule has 2 aromatic rings. The summed E-state index contributed by atoms with van der Waals surface area (Å²) in [5.74, 6) is -1.54. The van der Waals surface area contributed by atoms with Crippen molar-refractivity contribution < 1.29 is 19.2 Å². The second-order valence-corrected chi connectivity index (χ2v) is 6.04. The van der Waals surface area contributed by atoms with Crippen molar-refractivity contribution >= 4 is 52.1 Å². The van der Waals surface area contributed by atoms with Crippen LogP contribution in [-0.2, 0) is 9.53 Å². The summed E-state index contributed by atoms with van der Waals surface area (Å²) in [6.07, 6.45) is -1.18. The number of halogens is 2. The normalized spacial score (nSPS) is 11.5. The number of nitrogens with two attached hydrogens (primary N) is 1. The number of nitrogens with zero attached hydrogens (tertiary/aromatic N) is 1. The van der Waals surface area contributed by atoms with Crippen LogP contribution in [0.3, 0.4) is 0 Å². The molecule has 1 amide bonds. The largest absolute Gasteiger partial charge is 0.449 e. The standard InChI is InChI=1S/C16H13Cl2N3O5/c1-8(15(22)20-13-5-3-10(17)7-11(13)18)26-16(23)9-2-4-12(19)14(6-9)21(24)25/h2-8H,19H2,1H3,(H,20,22)/t8-/m1/s1. The summed E-state index contributed by atoms with van der Waals surface area (Å²) in [5, 5.41) is 14.0. The van der Waals surface area contributed by atoms with E-state index in [1.165, 1.54) is 37.3 Å². The maximum Gasteiger partial charge on any atom is 0.339 e. The summed E-state index contributed by atoms with van der Waals surface area (Å²) in [5.41, 5.74) is 5.15. The third-order valence-electron chi connectivity index (χ3n) is 3.30. The Balaban J connectivity index is 2.07. The molecule has 2 rings (SSSR count). The number of nitrogen functional groups attached to an aromatic ring is 1. The van der Waals surface area contributed by atoms with Crippen molar-refractivity contribution in [1.82, 2.24) is 0 Å². The highest BCUT2D eigenvalue weighted by Gasteiger charge is 2.22. The Labute approximate surface area is 158 Å². The number of nitrogens with one attached hydrogen (secondary N) is 1. The van der Waals surface area contributed by atoms with Crippen LogP contribution in [0.5, 0.6) is 0 Å². The van der Waals surface area contributed by atoms with Gasteiger partial charge in [-0.05, 0) is 37.3 Å². The molecular formula is C16H13Cl2N3O5. The zero-order valence-corrected chi connectivity index (χ0v) is 14.9. The van der Waals surface area contributed by atoms with E-state index in [9.17, 15) is 19.7 Å². The third kappa shape index (κ3) is 4.62. The average Bonchev–Trinajstić information content (AvgIpc) is 2.57. The van der Waals surface area contributed by atoms with Crippen LogP contribution in [0.15, 0.2) is 36.4 Å². The number of carbonyl (C=O) groups excluding carboxylic acids is 2. The quantitative estimate of drug-likeness (QED) is 0.343. The molecule has 0 bridgehead atoms. The molecule has 0 aliphatic heterocycles. The predicted molar refractivity (Wildman–Crippen MR) is 97.5 cm³/mol. The summed E-state index contributed by atoms with van der Waals surface area (Å²) >= 11 is 11.7. The molecule has 0 spiro atoms. The van der Waals surface area contributed by atoms with E-state index >= 15 is 0 Å². The zero-order valence-electron chi connectivity index (χ0n) is 13.4. The van der Waals surface area contributed by atoms with Crippen LogP contribution in [0, 0.1) is 10.1 Å². The summed E-state index contributed by atoms with van der Waals surface area (Å²) in [6, 6.07) is 7.95. The van der Waals surface area contributed by atoms with Gasteiger partial charge in [-0.15, -0.1) is 0 Å². The molecule has 3 N–H and O–H groups in total. The molecule has 0 aliphatic carbocycles. The number of nitro groups is 1. The minimum atomic E-state index is -1.18. The predicted octanol–water partition coefficient (Wildman–Crippen LogP) is 3.67. The number of esters is 1. The summed E-state index contributed by atoms with van der Waals surface area (Å²) in [6.45, 7) is 1.35. The second-order valence-electron chi connectivity index (χ2n) is 5.19. The number of carbonyl (C=O) groups is 2. The molecule has 0 aliphatic rings. The summed E-state index contributed by atoms with van der Waals surface area (Å²) < 4.78 is 5.03. The molecule has 0 saturated heterocycles. The molecule has 8 nitrogen and oxygen atoms in total. The molecule has 0 fully saturated rings. The topological polar surface area (TPSA) is 125 Å². The minimum Gasteiger partial charge on any atom is -0.449 e. The first-order chi connectivity index (χ1) is 12.2. The third-order valence-corrected chi connectivity index (χ3v) is 3.85. The van der Waals surface area contributed by atoms with Crippen molar-refractivity contribution in [1.29, 1.82) is 0 Å². The van der Waals surface area contributed by atoms with Gasteiger partial charge < -0.3 is 15.8 Å². The van der Waals surface area contributed by atoms with Gasteiger partial charge in [-0.1, -0.05) is 23.2 Å². The van der Waals surface area contributed by atoms with Gasteiger partial charge in [-0.25, -0.2) is 4.79 Å². The van der Waals surface area contributed by atoms with Gasteiger partial charge in [-0.3, -0.25) is 14.9 Å². The second kappa shape index (κ2) is 8.03. The highest BCUT2D eigenvalue weighted by molar-refractivity contribution is 6.36. The lowest BCUT2D eigenvalue weighted by molar-refractivity contribution is -0.383. The van der Waals surface area contributed by atoms with E-state index in [0.29, 0.717) is 10.7 Å². The Morgan fingerprint density at radius 1 is 1.23 bits per heavy atom. The van der Waals surface area contributed by atoms with Crippen LogP contribution in [0.2, 0.25) is 10.0 Å². The molecule has 2 aromatic carbocycles. The Morgan fingerprint density at radius 3 is 2.54 bits per heavy atom. The van der Waals surface area contributed by atoms with Crippen LogP contribution in [0.4, 0.5) is 17.1 Å². The lowest BCUT2D eigenvalue weighted by atomic mass is 10.2. The highest BCUT2D eigenvalue weighted by Crippen LogP contribution is 2.26. The van der Waals surface area contributed by atoms with E-state index in [2.05, 4.69) is 5.32 Å². The van der Waals surface area contributed by atoms with Crippen molar-refractivity contribution in [3.8, 4) is 0 Å². The van der Waals surface area contributed by atoms with Crippen LogP contribution in [0.1, 0.15) is 17.3 Å². The molecule has 0 unspecified atom stereocenters. The minimum absolute atomic E-state index is 0.0882. The number of amides is 1. The number of hydrogen-bond acceptors (Lipinski definition) is 6. The highest BCUT2D eigenvalue weighted by atomic mass is 35.5. The number of ether oxygens (including phenoxy) is 1. The van der Waals surface area contributed by atoms with Crippen molar-refractivity contribution in [3.63, 3.8) is 0 Å². The van der Waals surface area contributed by atoms with Gasteiger partial charge in [0, 0.05) is 11.1 Å². The molecule has 26 heavy (non-hydrogen) atoms. The molecule has 136 valence electrons. The van der Waals surface area contributed by atoms with Crippen LogP contribution >= 0.6 is 23.2 Å². The molecular weight excluding hydrogens is 385 g/mol. The molecule has 0 heterocycles. The first-order valence-electron chi connectivity index (χ1n) is 7.20. The van der Waals surface area contributed by atoms with Gasteiger partial charge in [0.15, 0.2) is 6.10 Å². The summed E-state index contributed by atoms with van der Waals surface area (Å²) in [4.78, 5) is 34.4. The van der Waals surface area contributed by atoms with Gasteiger partial charge in [0.2, 0.25) is 0 Å². The molecule has 1 atom stereocenters. The Hall–Kier alpha value is -2.84. The van der Waals surface area contributed by atoms with Crippen molar-refractivity contribution in [2.24, 2.45) is 0 Å². The smallest absolute Gasteiger partial charge is 0.339 e. The van der Waals surface area contributed by atoms with Crippen LogP contribution in [0.25, 0.3) is 0 Å². The average molecular weight is 398 g/mol. The Morgan fingerprint density at radius 2 is 1.92 bits per heavy atom. The van der Waals surface area contributed by atoms with Gasteiger partial charge in [0.1, 0.15) is 5.69 Å². The van der Waals surface area contributed by atoms with Crippen LogP contribution < -0.4 is 11.1 Å².